The van der Waals surface area contributed by atoms with E-state index in [2.05, 4.69) is 19.2 Å². The van der Waals surface area contributed by atoms with Crippen LogP contribution in [0.3, 0.4) is 0 Å². The van der Waals surface area contributed by atoms with Gasteiger partial charge in [0.25, 0.3) is 0 Å². The summed E-state index contributed by atoms with van der Waals surface area (Å²) in [5.74, 6) is 1.09. The van der Waals surface area contributed by atoms with Crippen LogP contribution in [0.15, 0.2) is 24.3 Å². The number of rotatable bonds is 4. The highest BCUT2D eigenvalue weighted by atomic mass is 16.5. The summed E-state index contributed by atoms with van der Waals surface area (Å²) in [4.78, 5) is 14.1. The number of para-hydroxylation sites is 1. The lowest BCUT2D eigenvalue weighted by molar-refractivity contribution is -0.131. The summed E-state index contributed by atoms with van der Waals surface area (Å²) in [6.07, 6.45) is 0.542. The van der Waals surface area contributed by atoms with Crippen LogP contribution in [0.4, 0.5) is 0 Å². The standard InChI is InChI=1S/C15H22N2O2/c1-12(2)16-8-7-15(18)17-9-10-19-14-6-4-3-5-13(14)11-17/h3-6,12,16H,7-11H2,1-2H3. The second kappa shape index (κ2) is 6.57. The Morgan fingerprint density at radius 3 is 3.00 bits per heavy atom. The highest BCUT2D eigenvalue weighted by Gasteiger charge is 2.18. The second-order valence-corrected chi connectivity index (χ2v) is 5.13. The number of fused-ring (bicyclic) bond motifs is 1. The van der Waals surface area contributed by atoms with Crippen LogP contribution < -0.4 is 10.1 Å². The molecule has 1 amide bonds. The summed E-state index contributed by atoms with van der Waals surface area (Å²) in [7, 11) is 0. The average Bonchev–Trinajstić information content (AvgIpc) is 2.60. The van der Waals surface area contributed by atoms with Gasteiger partial charge >= 0.3 is 0 Å². The summed E-state index contributed by atoms with van der Waals surface area (Å²) < 4.78 is 5.66. The number of benzene rings is 1. The van der Waals surface area contributed by atoms with E-state index in [-0.39, 0.29) is 5.91 Å². The van der Waals surface area contributed by atoms with E-state index in [1.165, 1.54) is 0 Å². The van der Waals surface area contributed by atoms with Gasteiger partial charge < -0.3 is 15.0 Å². The maximum Gasteiger partial charge on any atom is 0.224 e. The zero-order valence-electron chi connectivity index (χ0n) is 11.7. The molecule has 0 aliphatic carbocycles. The Morgan fingerprint density at radius 2 is 2.21 bits per heavy atom. The third kappa shape index (κ3) is 3.96. The van der Waals surface area contributed by atoms with Crippen LogP contribution in [-0.2, 0) is 11.3 Å². The zero-order valence-corrected chi connectivity index (χ0v) is 11.7. The lowest BCUT2D eigenvalue weighted by atomic mass is 10.2. The summed E-state index contributed by atoms with van der Waals surface area (Å²) in [5, 5.41) is 3.27. The molecule has 104 valence electrons. The number of nitrogens with zero attached hydrogens (tertiary/aromatic N) is 1. The fourth-order valence-corrected chi connectivity index (χ4v) is 2.16. The van der Waals surface area contributed by atoms with Gasteiger partial charge in [0.2, 0.25) is 5.91 Å². The van der Waals surface area contributed by atoms with Gasteiger partial charge in [0.1, 0.15) is 12.4 Å². The molecule has 0 fully saturated rings. The maximum absolute atomic E-state index is 12.2. The summed E-state index contributed by atoms with van der Waals surface area (Å²) >= 11 is 0. The molecule has 1 aliphatic heterocycles. The van der Waals surface area contributed by atoms with Crippen molar-refractivity contribution in [3.63, 3.8) is 0 Å². The molecule has 0 radical (unpaired) electrons. The normalized spacial score (nSPS) is 14.8. The Kier molecular flexibility index (Phi) is 4.80. The molecule has 0 saturated carbocycles. The van der Waals surface area contributed by atoms with Crippen LogP contribution in [0.25, 0.3) is 0 Å². The van der Waals surface area contributed by atoms with Crippen molar-refractivity contribution < 1.29 is 9.53 Å². The predicted octanol–water partition coefficient (Wildman–Crippen LogP) is 1.80. The van der Waals surface area contributed by atoms with Gasteiger partial charge in [0, 0.05) is 31.1 Å². The first-order chi connectivity index (χ1) is 9.16. The molecule has 0 aromatic heterocycles. The van der Waals surface area contributed by atoms with Crippen LogP contribution in [0.1, 0.15) is 25.8 Å². The van der Waals surface area contributed by atoms with E-state index in [0.717, 1.165) is 17.9 Å². The SMILES string of the molecule is CC(C)NCCC(=O)N1CCOc2ccccc2C1. The number of nitrogens with one attached hydrogen (secondary N) is 1. The topological polar surface area (TPSA) is 41.6 Å². The molecular formula is C15H22N2O2. The molecule has 0 atom stereocenters. The van der Waals surface area contributed by atoms with E-state index in [1.54, 1.807) is 0 Å². The first-order valence-electron chi connectivity index (χ1n) is 6.88. The van der Waals surface area contributed by atoms with Gasteiger partial charge in [-0.25, -0.2) is 0 Å². The molecule has 2 rings (SSSR count). The van der Waals surface area contributed by atoms with Crippen molar-refractivity contribution in [2.75, 3.05) is 19.7 Å². The number of amides is 1. The Labute approximate surface area is 114 Å². The Balaban J connectivity index is 1.92. The molecule has 4 nitrogen and oxygen atoms in total. The number of hydrogen-bond donors (Lipinski definition) is 1. The number of hydrogen-bond acceptors (Lipinski definition) is 3. The first kappa shape index (κ1) is 13.9. The number of ether oxygens (including phenoxy) is 1. The van der Waals surface area contributed by atoms with Gasteiger partial charge in [0.05, 0.1) is 6.54 Å². The van der Waals surface area contributed by atoms with Gasteiger partial charge in [-0.15, -0.1) is 0 Å². The quantitative estimate of drug-likeness (QED) is 0.899. The highest BCUT2D eigenvalue weighted by Crippen LogP contribution is 2.22. The van der Waals surface area contributed by atoms with Gasteiger partial charge in [-0.05, 0) is 6.07 Å². The molecule has 0 unspecified atom stereocenters. The van der Waals surface area contributed by atoms with Crippen molar-refractivity contribution in [2.45, 2.75) is 32.9 Å². The molecule has 1 heterocycles. The molecular weight excluding hydrogens is 240 g/mol. The number of carbonyl (C=O) groups is 1. The van der Waals surface area contributed by atoms with E-state index < -0.39 is 0 Å². The molecule has 1 aromatic carbocycles. The predicted molar refractivity (Wildman–Crippen MR) is 75.1 cm³/mol. The molecule has 1 aliphatic rings. The lowest BCUT2D eigenvalue weighted by Gasteiger charge is -2.20. The monoisotopic (exact) mass is 262 g/mol. The van der Waals surface area contributed by atoms with Gasteiger partial charge in [-0.3, -0.25) is 4.79 Å². The van der Waals surface area contributed by atoms with E-state index in [0.29, 0.717) is 32.2 Å². The third-order valence-corrected chi connectivity index (χ3v) is 3.20. The molecule has 0 bridgehead atoms. The van der Waals surface area contributed by atoms with Gasteiger partial charge in [-0.2, -0.15) is 0 Å². The minimum Gasteiger partial charge on any atom is -0.491 e. The van der Waals surface area contributed by atoms with Crippen LogP contribution in [0, 0.1) is 0 Å². The molecule has 0 spiro atoms. The van der Waals surface area contributed by atoms with Crippen molar-refractivity contribution >= 4 is 5.91 Å². The molecule has 19 heavy (non-hydrogen) atoms. The van der Waals surface area contributed by atoms with Crippen LogP contribution >= 0.6 is 0 Å². The van der Waals surface area contributed by atoms with Crippen molar-refractivity contribution in [3.05, 3.63) is 29.8 Å². The van der Waals surface area contributed by atoms with Crippen LogP contribution in [0.2, 0.25) is 0 Å². The van der Waals surface area contributed by atoms with E-state index in [9.17, 15) is 4.79 Å². The number of carbonyl (C=O) groups excluding carboxylic acids is 1. The third-order valence-electron chi connectivity index (χ3n) is 3.20. The minimum atomic E-state index is 0.188. The Morgan fingerprint density at radius 1 is 1.42 bits per heavy atom. The van der Waals surface area contributed by atoms with Crippen molar-refractivity contribution in [3.8, 4) is 5.75 Å². The van der Waals surface area contributed by atoms with E-state index >= 15 is 0 Å². The maximum atomic E-state index is 12.2. The van der Waals surface area contributed by atoms with Crippen LogP contribution in [-0.4, -0.2) is 36.5 Å². The van der Waals surface area contributed by atoms with Crippen molar-refractivity contribution in [2.24, 2.45) is 0 Å². The molecule has 0 saturated heterocycles. The summed E-state index contributed by atoms with van der Waals surface area (Å²) in [6.45, 7) is 6.78. The Bertz CT molecular complexity index is 432. The lowest BCUT2D eigenvalue weighted by Crippen LogP contribution is -2.35. The Hall–Kier alpha value is -1.55. The first-order valence-corrected chi connectivity index (χ1v) is 6.88. The molecule has 1 N–H and O–H groups in total. The average molecular weight is 262 g/mol. The summed E-state index contributed by atoms with van der Waals surface area (Å²) in [6, 6.07) is 8.34. The van der Waals surface area contributed by atoms with Crippen molar-refractivity contribution in [1.82, 2.24) is 10.2 Å². The summed E-state index contributed by atoms with van der Waals surface area (Å²) in [5.41, 5.74) is 1.09. The van der Waals surface area contributed by atoms with E-state index in [1.807, 2.05) is 29.2 Å². The fourth-order valence-electron chi connectivity index (χ4n) is 2.16. The minimum absolute atomic E-state index is 0.188. The van der Waals surface area contributed by atoms with Gasteiger partial charge in [0.15, 0.2) is 0 Å². The molecule has 1 aromatic rings. The zero-order chi connectivity index (χ0) is 13.7. The largest absolute Gasteiger partial charge is 0.491 e. The molecule has 4 heteroatoms. The van der Waals surface area contributed by atoms with Crippen molar-refractivity contribution in [1.29, 1.82) is 0 Å². The van der Waals surface area contributed by atoms with Crippen LogP contribution in [0.5, 0.6) is 5.75 Å². The van der Waals surface area contributed by atoms with Gasteiger partial charge in [-0.1, -0.05) is 32.0 Å². The fraction of sp³-hybridized carbons (Fsp3) is 0.533. The van der Waals surface area contributed by atoms with E-state index in [4.69, 9.17) is 4.74 Å². The smallest absolute Gasteiger partial charge is 0.224 e. The second-order valence-electron chi connectivity index (χ2n) is 5.13. The highest BCUT2D eigenvalue weighted by molar-refractivity contribution is 5.76.